The number of nitrogens with zero attached hydrogens (tertiary/aromatic N) is 1. The van der Waals surface area contributed by atoms with Crippen molar-refractivity contribution in [2.75, 3.05) is 13.1 Å². The van der Waals surface area contributed by atoms with Crippen molar-refractivity contribution in [2.24, 2.45) is 5.92 Å². The van der Waals surface area contributed by atoms with Gasteiger partial charge in [0.05, 0.1) is 0 Å². The van der Waals surface area contributed by atoms with E-state index < -0.39 is 0 Å². The van der Waals surface area contributed by atoms with Crippen LogP contribution < -0.4 is 0 Å². The molecule has 1 heterocycles. The second kappa shape index (κ2) is 4.75. The van der Waals surface area contributed by atoms with Gasteiger partial charge in [-0.15, -0.1) is 0 Å². The number of Topliss-reactive ketones (excluding diaryl/α,β-unsaturated/α-hetero) is 1. The van der Waals surface area contributed by atoms with Gasteiger partial charge in [-0.3, -0.25) is 9.69 Å². The third-order valence-electron chi connectivity index (χ3n) is 3.26. The summed E-state index contributed by atoms with van der Waals surface area (Å²) in [6.07, 6.45) is 2.96. The van der Waals surface area contributed by atoms with Gasteiger partial charge in [0.25, 0.3) is 0 Å². The van der Waals surface area contributed by atoms with E-state index in [0.717, 1.165) is 25.9 Å². The zero-order chi connectivity index (χ0) is 9.84. The second-order valence-corrected chi connectivity index (χ2v) is 4.07. The summed E-state index contributed by atoms with van der Waals surface area (Å²) in [6.45, 7) is 8.54. The summed E-state index contributed by atoms with van der Waals surface area (Å²) in [7, 11) is 0. The van der Waals surface area contributed by atoms with Crippen LogP contribution in [0.3, 0.4) is 0 Å². The first-order chi connectivity index (χ1) is 6.19. The Labute approximate surface area is 81.3 Å². The van der Waals surface area contributed by atoms with Crippen molar-refractivity contribution in [3.8, 4) is 0 Å². The predicted molar refractivity (Wildman–Crippen MR) is 54.7 cm³/mol. The lowest BCUT2D eigenvalue weighted by Gasteiger charge is -2.35. The molecule has 2 atom stereocenters. The van der Waals surface area contributed by atoms with E-state index in [-0.39, 0.29) is 0 Å². The largest absolute Gasteiger partial charge is 0.300 e. The van der Waals surface area contributed by atoms with Gasteiger partial charge in [-0.05, 0) is 19.8 Å². The first-order valence-electron chi connectivity index (χ1n) is 5.45. The minimum Gasteiger partial charge on any atom is -0.300 e. The Morgan fingerprint density at radius 1 is 1.54 bits per heavy atom. The normalized spacial score (nSPS) is 27.6. The molecule has 1 aliphatic heterocycles. The Balaban J connectivity index is 2.49. The van der Waals surface area contributed by atoms with Crippen LogP contribution in [0.1, 0.15) is 40.0 Å². The number of carbonyl (C=O) groups is 1. The maximum absolute atomic E-state index is 11.5. The van der Waals surface area contributed by atoms with E-state index in [0.29, 0.717) is 17.7 Å². The average molecular weight is 183 g/mol. The van der Waals surface area contributed by atoms with Gasteiger partial charge in [-0.25, -0.2) is 0 Å². The third-order valence-corrected chi connectivity index (χ3v) is 3.26. The number of hydrogen-bond acceptors (Lipinski definition) is 2. The Hall–Kier alpha value is -0.370. The fourth-order valence-electron chi connectivity index (χ4n) is 1.95. The van der Waals surface area contributed by atoms with E-state index in [2.05, 4.69) is 25.7 Å². The fourth-order valence-corrected chi connectivity index (χ4v) is 1.95. The minimum absolute atomic E-state index is 0.308. The molecule has 2 unspecified atom stereocenters. The smallest absolute Gasteiger partial charge is 0.138 e. The Bertz CT molecular complexity index is 179. The van der Waals surface area contributed by atoms with Crippen molar-refractivity contribution in [3.63, 3.8) is 0 Å². The van der Waals surface area contributed by atoms with Crippen LogP contribution >= 0.6 is 0 Å². The SMILES string of the molecule is CCC1CN(C(C)CC)CCC1=O. The predicted octanol–water partition coefficient (Wildman–Crippen LogP) is 2.09. The highest BCUT2D eigenvalue weighted by Crippen LogP contribution is 2.18. The van der Waals surface area contributed by atoms with E-state index in [4.69, 9.17) is 0 Å². The Kier molecular flexibility index (Phi) is 3.91. The van der Waals surface area contributed by atoms with Crippen molar-refractivity contribution in [2.45, 2.75) is 46.1 Å². The summed E-state index contributed by atoms with van der Waals surface area (Å²) in [5.41, 5.74) is 0. The molecule has 1 aliphatic rings. The van der Waals surface area contributed by atoms with Gasteiger partial charge in [-0.2, -0.15) is 0 Å². The molecule has 1 saturated heterocycles. The summed E-state index contributed by atoms with van der Waals surface area (Å²) in [5, 5.41) is 0. The maximum Gasteiger partial charge on any atom is 0.138 e. The lowest BCUT2D eigenvalue weighted by Crippen LogP contribution is -2.44. The summed E-state index contributed by atoms with van der Waals surface area (Å²) in [4.78, 5) is 13.9. The highest BCUT2D eigenvalue weighted by Gasteiger charge is 2.27. The molecule has 13 heavy (non-hydrogen) atoms. The van der Waals surface area contributed by atoms with Crippen LogP contribution in [0.15, 0.2) is 0 Å². The molecule has 76 valence electrons. The van der Waals surface area contributed by atoms with Crippen LogP contribution in [-0.4, -0.2) is 29.8 Å². The van der Waals surface area contributed by atoms with Gasteiger partial charge in [-0.1, -0.05) is 13.8 Å². The van der Waals surface area contributed by atoms with Crippen LogP contribution in [0.4, 0.5) is 0 Å². The Morgan fingerprint density at radius 3 is 2.77 bits per heavy atom. The molecule has 1 fully saturated rings. The minimum atomic E-state index is 0.308. The van der Waals surface area contributed by atoms with E-state index in [1.165, 1.54) is 6.42 Å². The first kappa shape index (κ1) is 10.7. The summed E-state index contributed by atoms with van der Waals surface area (Å²) >= 11 is 0. The molecular weight excluding hydrogens is 162 g/mol. The molecule has 2 nitrogen and oxygen atoms in total. The highest BCUT2D eigenvalue weighted by molar-refractivity contribution is 5.82. The molecule has 0 amide bonds. The van der Waals surface area contributed by atoms with Gasteiger partial charge >= 0.3 is 0 Å². The van der Waals surface area contributed by atoms with Crippen molar-refractivity contribution >= 4 is 5.78 Å². The van der Waals surface area contributed by atoms with Gasteiger partial charge in [0.1, 0.15) is 5.78 Å². The average Bonchev–Trinajstić information content (AvgIpc) is 2.17. The first-order valence-corrected chi connectivity index (χ1v) is 5.45. The summed E-state index contributed by atoms with van der Waals surface area (Å²) in [6, 6.07) is 0.641. The molecule has 1 rings (SSSR count). The van der Waals surface area contributed by atoms with Crippen molar-refractivity contribution < 1.29 is 4.79 Å². The fraction of sp³-hybridized carbons (Fsp3) is 0.909. The lowest BCUT2D eigenvalue weighted by atomic mass is 9.93. The zero-order valence-corrected chi connectivity index (χ0v) is 9.05. The summed E-state index contributed by atoms with van der Waals surface area (Å²) < 4.78 is 0. The van der Waals surface area contributed by atoms with E-state index in [9.17, 15) is 4.79 Å². The molecule has 0 radical (unpaired) electrons. The maximum atomic E-state index is 11.5. The highest BCUT2D eigenvalue weighted by atomic mass is 16.1. The molecular formula is C11H21NO. The monoisotopic (exact) mass is 183 g/mol. The molecule has 2 heteroatoms. The van der Waals surface area contributed by atoms with Gasteiger partial charge in [0.2, 0.25) is 0 Å². The number of ketones is 1. The van der Waals surface area contributed by atoms with E-state index >= 15 is 0 Å². The standard InChI is InChI=1S/C11H21NO/c1-4-9(3)12-7-6-11(13)10(5-2)8-12/h9-10H,4-8H2,1-3H3. The number of piperidine rings is 1. The van der Waals surface area contributed by atoms with Crippen molar-refractivity contribution in [1.82, 2.24) is 4.90 Å². The number of hydrogen-bond donors (Lipinski definition) is 0. The van der Waals surface area contributed by atoms with Crippen LogP contribution in [0.25, 0.3) is 0 Å². The number of likely N-dealkylation sites (tertiary alicyclic amines) is 1. The number of rotatable bonds is 3. The molecule has 0 bridgehead atoms. The van der Waals surface area contributed by atoms with Gasteiger partial charge in [0.15, 0.2) is 0 Å². The molecule has 0 N–H and O–H groups in total. The lowest BCUT2D eigenvalue weighted by molar-refractivity contribution is -0.126. The van der Waals surface area contributed by atoms with Crippen LogP contribution in [0.2, 0.25) is 0 Å². The Morgan fingerprint density at radius 2 is 2.23 bits per heavy atom. The molecule has 0 aromatic carbocycles. The third kappa shape index (κ3) is 2.53. The van der Waals surface area contributed by atoms with E-state index in [1.807, 2.05) is 0 Å². The van der Waals surface area contributed by atoms with Crippen LogP contribution in [0.5, 0.6) is 0 Å². The molecule has 0 aromatic heterocycles. The topological polar surface area (TPSA) is 20.3 Å². The molecule has 0 saturated carbocycles. The van der Waals surface area contributed by atoms with E-state index in [1.54, 1.807) is 0 Å². The van der Waals surface area contributed by atoms with Gasteiger partial charge in [0, 0.05) is 31.5 Å². The second-order valence-electron chi connectivity index (χ2n) is 4.07. The zero-order valence-electron chi connectivity index (χ0n) is 9.05. The van der Waals surface area contributed by atoms with Gasteiger partial charge < -0.3 is 0 Å². The molecule has 0 aromatic rings. The van der Waals surface area contributed by atoms with Crippen molar-refractivity contribution in [3.05, 3.63) is 0 Å². The van der Waals surface area contributed by atoms with Crippen LogP contribution in [-0.2, 0) is 4.79 Å². The van der Waals surface area contributed by atoms with Crippen LogP contribution in [0, 0.1) is 5.92 Å². The molecule has 0 aliphatic carbocycles. The summed E-state index contributed by atoms with van der Waals surface area (Å²) in [5.74, 6) is 0.782. The quantitative estimate of drug-likeness (QED) is 0.667. The number of carbonyl (C=O) groups excluding carboxylic acids is 1. The molecule has 0 spiro atoms. The van der Waals surface area contributed by atoms with Crippen molar-refractivity contribution in [1.29, 1.82) is 0 Å².